The third-order valence-electron chi connectivity index (χ3n) is 2.45. The van der Waals surface area contributed by atoms with E-state index in [1.165, 1.54) is 25.3 Å². The average molecular weight is 301 g/mol. The van der Waals surface area contributed by atoms with Crippen molar-refractivity contribution < 1.29 is 27.5 Å². The van der Waals surface area contributed by atoms with Crippen LogP contribution in [0.2, 0.25) is 0 Å². The van der Waals surface area contributed by atoms with Crippen molar-refractivity contribution in [2.24, 2.45) is 0 Å². The van der Waals surface area contributed by atoms with Crippen LogP contribution in [0.15, 0.2) is 22.7 Å². The molecular formula is C12H10F3N3O3. The van der Waals surface area contributed by atoms with Crippen molar-refractivity contribution in [3.8, 4) is 0 Å². The van der Waals surface area contributed by atoms with Gasteiger partial charge in [-0.2, -0.15) is 13.2 Å². The van der Waals surface area contributed by atoms with E-state index < -0.39 is 23.5 Å². The highest BCUT2D eigenvalue weighted by molar-refractivity contribution is 6.03. The molecule has 0 saturated heterocycles. The van der Waals surface area contributed by atoms with Gasteiger partial charge < -0.3 is 14.8 Å². The normalized spacial score (nSPS) is 11.5. The van der Waals surface area contributed by atoms with Crippen LogP contribution in [0.3, 0.4) is 0 Å². The zero-order valence-electron chi connectivity index (χ0n) is 10.7. The topological polar surface area (TPSA) is 88.2 Å². The summed E-state index contributed by atoms with van der Waals surface area (Å²) in [7, 11) is 0. The van der Waals surface area contributed by atoms with Crippen molar-refractivity contribution in [3.05, 3.63) is 41.4 Å². The molecule has 0 atom stereocenters. The Morgan fingerprint density at radius 1 is 1.43 bits per heavy atom. The average Bonchev–Trinajstić information content (AvgIpc) is 2.82. The molecule has 0 fully saturated rings. The zero-order chi connectivity index (χ0) is 15.6. The number of alkyl halides is 3. The minimum Gasteiger partial charge on any atom is -0.436 e. The maximum atomic E-state index is 12.7. The van der Waals surface area contributed by atoms with Crippen molar-refractivity contribution >= 4 is 11.6 Å². The molecule has 2 aromatic heterocycles. The van der Waals surface area contributed by atoms with E-state index in [4.69, 9.17) is 5.11 Å². The minimum absolute atomic E-state index is 0.172. The molecule has 0 bridgehead atoms. The van der Waals surface area contributed by atoms with Crippen molar-refractivity contribution in [1.82, 2.24) is 9.97 Å². The van der Waals surface area contributed by atoms with Gasteiger partial charge in [-0.1, -0.05) is 0 Å². The summed E-state index contributed by atoms with van der Waals surface area (Å²) in [6.45, 7) is 0.929. The fraction of sp³-hybridized carbons (Fsp3) is 0.250. The molecule has 2 heterocycles. The standard InChI is InChI=1S/C12H10F3N3O3/c1-6-17-9(10(21-6)12(13,14)15)11(20)18-7-2-3-8(5-19)16-4-7/h2-4,19H,5H2,1H3,(H,18,20). The summed E-state index contributed by atoms with van der Waals surface area (Å²) in [5.41, 5.74) is -0.307. The lowest BCUT2D eigenvalue weighted by Crippen LogP contribution is -2.18. The molecule has 2 aromatic rings. The van der Waals surface area contributed by atoms with Gasteiger partial charge >= 0.3 is 6.18 Å². The van der Waals surface area contributed by atoms with Gasteiger partial charge in [0.2, 0.25) is 5.76 Å². The Morgan fingerprint density at radius 2 is 2.14 bits per heavy atom. The summed E-state index contributed by atoms with van der Waals surface area (Å²) in [5.74, 6) is -2.77. The third-order valence-corrected chi connectivity index (χ3v) is 2.45. The number of anilines is 1. The van der Waals surface area contributed by atoms with Crippen LogP contribution in [0.4, 0.5) is 18.9 Å². The Labute approximate surface area is 116 Å². The van der Waals surface area contributed by atoms with Gasteiger partial charge in [-0.25, -0.2) is 4.98 Å². The molecule has 0 aliphatic heterocycles. The first-order chi connectivity index (χ1) is 9.81. The molecule has 9 heteroatoms. The lowest BCUT2D eigenvalue weighted by atomic mass is 10.3. The van der Waals surface area contributed by atoms with E-state index in [-0.39, 0.29) is 18.2 Å². The maximum Gasteiger partial charge on any atom is 0.452 e. The van der Waals surface area contributed by atoms with Crippen LogP contribution in [0.25, 0.3) is 0 Å². The van der Waals surface area contributed by atoms with Gasteiger partial charge in [0.1, 0.15) is 0 Å². The summed E-state index contributed by atoms with van der Waals surface area (Å²) in [4.78, 5) is 19.1. The predicted octanol–water partition coefficient (Wildman–Crippen LogP) is 2.14. The van der Waals surface area contributed by atoms with Crippen molar-refractivity contribution in [1.29, 1.82) is 0 Å². The van der Waals surface area contributed by atoms with Crippen LogP contribution >= 0.6 is 0 Å². The quantitative estimate of drug-likeness (QED) is 0.906. The number of halogens is 3. The Kier molecular flexibility index (Phi) is 3.94. The monoisotopic (exact) mass is 301 g/mol. The minimum atomic E-state index is -4.81. The molecule has 2 rings (SSSR count). The fourth-order valence-electron chi connectivity index (χ4n) is 1.56. The maximum absolute atomic E-state index is 12.7. The first-order valence-corrected chi connectivity index (χ1v) is 5.73. The molecular weight excluding hydrogens is 291 g/mol. The predicted molar refractivity (Wildman–Crippen MR) is 64.4 cm³/mol. The van der Waals surface area contributed by atoms with E-state index in [9.17, 15) is 18.0 Å². The molecule has 21 heavy (non-hydrogen) atoms. The van der Waals surface area contributed by atoms with Gasteiger partial charge in [0.05, 0.1) is 24.2 Å². The zero-order valence-corrected chi connectivity index (χ0v) is 10.7. The highest BCUT2D eigenvalue weighted by Crippen LogP contribution is 2.32. The Balaban J connectivity index is 2.24. The van der Waals surface area contributed by atoms with Crippen molar-refractivity contribution in [2.45, 2.75) is 19.7 Å². The lowest BCUT2D eigenvalue weighted by molar-refractivity contribution is -0.153. The summed E-state index contributed by atoms with van der Waals surface area (Å²) < 4.78 is 42.5. The number of aryl methyl sites for hydroxylation is 1. The van der Waals surface area contributed by atoms with Crippen LogP contribution in [0.1, 0.15) is 27.8 Å². The number of nitrogens with zero attached hydrogens (tertiary/aromatic N) is 2. The molecule has 2 N–H and O–H groups in total. The first-order valence-electron chi connectivity index (χ1n) is 5.73. The summed E-state index contributed by atoms with van der Waals surface area (Å²) >= 11 is 0. The fourth-order valence-corrected chi connectivity index (χ4v) is 1.56. The van der Waals surface area contributed by atoms with Gasteiger partial charge in [0.15, 0.2) is 11.6 Å². The second kappa shape index (κ2) is 5.52. The molecule has 0 radical (unpaired) electrons. The summed E-state index contributed by atoms with van der Waals surface area (Å²) in [6, 6.07) is 2.82. The van der Waals surface area contributed by atoms with E-state index in [1.807, 2.05) is 0 Å². The number of rotatable bonds is 3. The molecule has 6 nitrogen and oxygen atoms in total. The number of pyridine rings is 1. The molecule has 0 aliphatic rings. The number of aliphatic hydroxyl groups is 1. The number of oxazole rings is 1. The second-order valence-corrected chi connectivity index (χ2v) is 4.06. The van der Waals surface area contributed by atoms with Gasteiger partial charge in [0.25, 0.3) is 5.91 Å². The smallest absolute Gasteiger partial charge is 0.436 e. The number of carbonyl (C=O) groups is 1. The lowest BCUT2D eigenvalue weighted by Gasteiger charge is -2.06. The number of hydrogen-bond donors (Lipinski definition) is 2. The molecule has 1 amide bonds. The van der Waals surface area contributed by atoms with E-state index in [2.05, 4.69) is 19.7 Å². The number of amides is 1. The second-order valence-electron chi connectivity index (χ2n) is 4.06. The van der Waals surface area contributed by atoms with Crippen molar-refractivity contribution in [3.63, 3.8) is 0 Å². The Hall–Kier alpha value is -2.42. The molecule has 0 aliphatic carbocycles. The molecule has 0 unspecified atom stereocenters. The highest BCUT2D eigenvalue weighted by Gasteiger charge is 2.41. The largest absolute Gasteiger partial charge is 0.452 e. The van der Waals surface area contributed by atoms with E-state index in [0.29, 0.717) is 5.69 Å². The number of nitrogens with one attached hydrogen (secondary N) is 1. The highest BCUT2D eigenvalue weighted by atomic mass is 19.4. The van der Waals surface area contributed by atoms with E-state index >= 15 is 0 Å². The van der Waals surface area contributed by atoms with Crippen LogP contribution in [-0.2, 0) is 12.8 Å². The van der Waals surface area contributed by atoms with Gasteiger partial charge in [-0.15, -0.1) is 0 Å². The molecule has 0 spiro atoms. The van der Waals surface area contributed by atoms with Crippen molar-refractivity contribution in [2.75, 3.05) is 5.32 Å². The van der Waals surface area contributed by atoms with Crippen LogP contribution in [-0.4, -0.2) is 21.0 Å². The van der Waals surface area contributed by atoms with E-state index in [1.54, 1.807) is 0 Å². The molecule has 112 valence electrons. The first kappa shape index (κ1) is 15.0. The Morgan fingerprint density at radius 3 is 2.67 bits per heavy atom. The summed E-state index contributed by atoms with van der Waals surface area (Å²) in [5, 5.41) is 11.0. The number of hydrogen-bond acceptors (Lipinski definition) is 5. The number of carbonyl (C=O) groups excluding carboxylic acids is 1. The third kappa shape index (κ3) is 3.37. The van der Waals surface area contributed by atoms with Crippen LogP contribution in [0.5, 0.6) is 0 Å². The SMILES string of the molecule is Cc1nc(C(=O)Nc2ccc(CO)nc2)c(C(F)(F)F)o1. The van der Waals surface area contributed by atoms with Crippen LogP contribution in [0, 0.1) is 6.92 Å². The van der Waals surface area contributed by atoms with Gasteiger partial charge in [-0.3, -0.25) is 9.78 Å². The van der Waals surface area contributed by atoms with Crippen LogP contribution < -0.4 is 5.32 Å². The van der Waals surface area contributed by atoms with Gasteiger partial charge in [0, 0.05) is 6.92 Å². The molecule has 0 aromatic carbocycles. The Bertz CT molecular complexity index is 650. The number of aliphatic hydroxyl groups excluding tert-OH is 1. The molecule has 0 saturated carbocycles. The summed E-state index contributed by atoms with van der Waals surface area (Å²) in [6.07, 6.45) is -3.60. The van der Waals surface area contributed by atoms with Gasteiger partial charge in [-0.05, 0) is 12.1 Å². The van der Waals surface area contributed by atoms with E-state index in [0.717, 1.165) is 0 Å². The number of aromatic nitrogens is 2.